The van der Waals surface area contributed by atoms with Crippen molar-refractivity contribution in [2.75, 3.05) is 0 Å². The average molecular weight is 485 g/mol. The molecule has 0 fully saturated rings. The van der Waals surface area contributed by atoms with Gasteiger partial charge in [0, 0.05) is 30.0 Å². The molecule has 0 aliphatic heterocycles. The SMILES string of the molecule is Cc1ccc(Cn2cncc2CCCn2c(=O)n(-c3ccc(Cl)cc3)c(=O)c3ccccc32)cc1. The van der Waals surface area contributed by atoms with Gasteiger partial charge in [0.15, 0.2) is 0 Å². The van der Waals surface area contributed by atoms with Gasteiger partial charge in [-0.15, -0.1) is 0 Å². The average Bonchev–Trinajstić information content (AvgIpc) is 3.30. The lowest BCUT2D eigenvalue weighted by Crippen LogP contribution is -2.39. The van der Waals surface area contributed by atoms with E-state index in [1.54, 1.807) is 34.9 Å². The molecule has 176 valence electrons. The number of benzene rings is 3. The molecule has 2 heterocycles. The zero-order valence-electron chi connectivity index (χ0n) is 19.4. The van der Waals surface area contributed by atoms with Crippen LogP contribution < -0.4 is 11.2 Å². The van der Waals surface area contributed by atoms with Gasteiger partial charge in [-0.1, -0.05) is 53.6 Å². The van der Waals surface area contributed by atoms with Crippen LogP contribution in [0, 0.1) is 6.92 Å². The Balaban J connectivity index is 1.43. The third-order valence-electron chi connectivity index (χ3n) is 6.22. The smallest absolute Gasteiger partial charge is 0.330 e. The summed E-state index contributed by atoms with van der Waals surface area (Å²) in [5, 5.41) is 1.05. The molecule has 0 radical (unpaired) electrons. The highest BCUT2D eigenvalue weighted by molar-refractivity contribution is 6.30. The van der Waals surface area contributed by atoms with Crippen LogP contribution in [0.4, 0.5) is 0 Å². The molecule has 0 bridgehead atoms. The molecular weight excluding hydrogens is 460 g/mol. The number of fused-ring (bicyclic) bond motifs is 1. The highest BCUT2D eigenvalue weighted by Crippen LogP contribution is 2.15. The number of nitrogens with zero attached hydrogens (tertiary/aromatic N) is 4. The number of aromatic nitrogens is 4. The number of aryl methyl sites for hydroxylation is 3. The van der Waals surface area contributed by atoms with Crippen LogP contribution in [0.2, 0.25) is 5.02 Å². The van der Waals surface area contributed by atoms with Gasteiger partial charge in [0.05, 0.1) is 22.9 Å². The van der Waals surface area contributed by atoms with E-state index in [-0.39, 0.29) is 11.2 Å². The fourth-order valence-electron chi connectivity index (χ4n) is 4.36. The van der Waals surface area contributed by atoms with Gasteiger partial charge in [0.1, 0.15) is 0 Å². The molecule has 7 heteroatoms. The Morgan fingerprint density at radius 3 is 2.43 bits per heavy atom. The summed E-state index contributed by atoms with van der Waals surface area (Å²) in [5.41, 5.74) is 4.00. The van der Waals surface area contributed by atoms with E-state index in [4.69, 9.17) is 11.6 Å². The lowest BCUT2D eigenvalue weighted by Gasteiger charge is -2.15. The number of halogens is 1. The van der Waals surface area contributed by atoms with E-state index in [0.717, 1.165) is 25.1 Å². The minimum absolute atomic E-state index is 0.333. The molecular formula is C28H25ClN4O2. The van der Waals surface area contributed by atoms with E-state index in [1.807, 2.05) is 30.7 Å². The molecule has 0 atom stereocenters. The summed E-state index contributed by atoms with van der Waals surface area (Å²) in [6.45, 7) is 3.30. The van der Waals surface area contributed by atoms with E-state index >= 15 is 0 Å². The number of imidazole rings is 1. The molecule has 2 aromatic heterocycles. The van der Waals surface area contributed by atoms with Crippen molar-refractivity contribution in [3.63, 3.8) is 0 Å². The minimum atomic E-state index is -0.357. The van der Waals surface area contributed by atoms with Crippen molar-refractivity contribution in [2.24, 2.45) is 0 Å². The molecule has 0 aliphatic rings. The molecule has 0 amide bonds. The summed E-state index contributed by atoms with van der Waals surface area (Å²) in [6, 6.07) is 22.5. The zero-order valence-corrected chi connectivity index (χ0v) is 20.2. The summed E-state index contributed by atoms with van der Waals surface area (Å²) in [7, 11) is 0. The predicted octanol–water partition coefficient (Wildman–Crippen LogP) is 4.99. The molecule has 35 heavy (non-hydrogen) atoms. The van der Waals surface area contributed by atoms with Crippen LogP contribution in [0.15, 0.2) is 94.9 Å². The molecule has 5 rings (SSSR count). The number of hydrogen-bond acceptors (Lipinski definition) is 3. The molecule has 0 spiro atoms. The number of para-hydroxylation sites is 1. The van der Waals surface area contributed by atoms with Crippen molar-refractivity contribution in [2.45, 2.75) is 32.9 Å². The first-order valence-corrected chi connectivity index (χ1v) is 11.9. The van der Waals surface area contributed by atoms with Crippen molar-refractivity contribution in [1.29, 1.82) is 0 Å². The largest absolute Gasteiger partial charge is 0.336 e. The predicted molar refractivity (Wildman–Crippen MR) is 140 cm³/mol. The monoisotopic (exact) mass is 484 g/mol. The van der Waals surface area contributed by atoms with Crippen LogP contribution >= 0.6 is 11.6 Å². The van der Waals surface area contributed by atoms with Crippen molar-refractivity contribution in [1.82, 2.24) is 18.7 Å². The molecule has 0 aliphatic carbocycles. The third-order valence-corrected chi connectivity index (χ3v) is 6.47. The lowest BCUT2D eigenvalue weighted by atomic mass is 10.1. The molecule has 5 aromatic rings. The van der Waals surface area contributed by atoms with Crippen LogP contribution in [0.5, 0.6) is 0 Å². The fraction of sp³-hybridized carbons (Fsp3) is 0.179. The van der Waals surface area contributed by atoms with Crippen molar-refractivity contribution in [3.8, 4) is 5.69 Å². The summed E-state index contributed by atoms with van der Waals surface area (Å²) in [5.74, 6) is 0. The Bertz CT molecular complexity index is 1600. The first kappa shape index (κ1) is 22.9. The Morgan fingerprint density at radius 2 is 1.66 bits per heavy atom. The summed E-state index contributed by atoms with van der Waals surface area (Å²) >= 11 is 6.02. The second-order valence-corrected chi connectivity index (χ2v) is 9.11. The topological polar surface area (TPSA) is 61.8 Å². The molecule has 0 saturated heterocycles. The molecule has 6 nitrogen and oxygen atoms in total. The van der Waals surface area contributed by atoms with Crippen molar-refractivity contribution in [3.05, 3.63) is 128 Å². The maximum absolute atomic E-state index is 13.5. The van der Waals surface area contributed by atoms with E-state index in [0.29, 0.717) is 28.2 Å². The maximum Gasteiger partial charge on any atom is 0.336 e. The quantitative estimate of drug-likeness (QED) is 0.327. The molecule has 0 unspecified atom stereocenters. The molecule has 0 saturated carbocycles. The van der Waals surface area contributed by atoms with E-state index in [9.17, 15) is 9.59 Å². The highest BCUT2D eigenvalue weighted by Gasteiger charge is 2.14. The summed E-state index contributed by atoms with van der Waals surface area (Å²) in [4.78, 5) is 31.0. The van der Waals surface area contributed by atoms with Gasteiger partial charge in [0.25, 0.3) is 5.56 Å². The second kappa shape index (κ2) is 9.76. The first-order valence-electron chi connectivity index (χ1n) is 11.6. The molecule has 3 aromatic carbocycles. The molecule has 0 N–H and O–H groups in total. The van der Waals surface area contributed by atoms with Gasteiger partial charge >= 0.3 is 5.69 Å². The van der Waals surface area contributed by atoms with Crippen molar-refractivity contribution >= 4 is 22.5 Å². The van der Waals surface area contributed by atoms with Gasteiger partial charge in [-0.3, -0.25) is 9.36 Å². The van der Waals surface area contributed by atoms with Crippen LogP contribution in [0.25, 0.3) is 16.6 Å². The normalized spacial score (nSPS) is 11.3. The van der Waals surface area contributed by atoms with E-state index < -0.39 is 0 Å². The maximum atomic E-state index is 13.5. The standard InChI is InChI=1S/C28H25ClN4O2/c1-20-8-10-21(11-9-20)18-31-19-30-17-24(31)5-4-16-32-26-7-3-2-6-25(26)27(34)33(28(32)35)23-14-12-22(29)13-15-23/h2-3,6-15,17,19H,4-5,16,18H2,1H3. The van der Waals surface area contributed by atoms with Crippen LogP contribution in [0.3, 0.4) is 0 Å². The van der Waals surface area contributed by atoms with Gasteiger partial charge in [-0.05, 0) is 61.7 Å². The summed E-state index contributed by atoms with van der Waals surface area (Å²) in [6.07, 6.45) is 5.20. The minimum Gasteiger partial charge on any atom is -0.330 e. The van der Waals surface area contributed by atoms with Gasteiger partial charge in [-0.2, -0.15) is 0 Å². The summed E-state index contributed by atoms with van der Waals surface area (Å²) < 4.78 is 5.05. The van der Waals surface area contributed by atoms with E-state index in [2.05, 4.69) is 40.7 Å². The van der Waals surface area contributed by atoms with Crippen LogP contribution in [-0.2, 0) is 19.5 Å². The van der Waals surface area contributed by atoms with Gasteiger partial charge in [-0.25, -0.2) is 14.3 Å². The third kappa shape index (κ3) is 4.70. The van der Waals surface area contributed by atoms with Crippen LogP contribution in [0.1, 0.15) is 23.2 Å². The van der Waals surface area contributed by atoms with E-state index in [1.165, 1.54) is 15.7 Å². The lowest BCUT2D eigenvalue weighted by molar-refractivity contribution is 0.595. The number of hydrogen-bond donors (Lipinski definition) is 0. The Hall–Kier alpha value is -3.90. The zero-order chi connectivity index (χ0) is 24.4. The van der Waals surface area contributed by atoms with Crippen molar-refractivity contribution < 1.29 is 0 Å². The van der Waals surface area contributed by atoms with Gasteiger partial charge < -0.3 is 4.57 Å². The van der Waals surface area contributed by atoms with Crippen LogP contribution in [-0.4, -0.2) is 18.7 Å². The Kier molecular flexibility index (Phi) is 6.38. The second-order valence-electron chi connectivity index (χ2n) is 8.67. The Labute approximate surface area is 207 Å². The fourth-order valence-corrected chi connectivity index (χ4v) is 4.49. The first-order chi connectivity index (χ1) is 17.0. The highest BCUT2D eigenvalue weighted by atomic mass is 35.5. The van der Waals surface area contributed by atoms with Gasteiger partial charge in [0.2, 0.25) is 0 Å². The number of rotatable bonds is 7. The Morgan fingerprint density at radius 1 is 0.914 bits per heavy atom.